The Kier molecular flexibility index (Phi) is 7.02. The van der Waals surface area contributed by atoms with Crippen LogP contribution in [0, 0.1) is 6.92 Å². The molecule has 0 aliphatic heterocycles. The zero-order chi connectivity index (χ0) is 18.2. The quantitative estimate of drug-likeness (QED) is 0.697. The van der Waals surface area contributed by atoms with Crippen molar-refractivity contribution in [3.63, 3.8) is 0 Å². The van der Waals surface area contributed by atoms with Gasteiger partial charge in [0, 0.05) is 28.4 Å². The van der Waals surface area contributed by atoms with Crippen LogP contribution in [0.4, 0.5) is 5.69 Å². The number of hydrogen-bond donors (Lipinski definition) is 2. The molecule has 2 N–H and O–H groups in total. The van der Waals surface area contributed by atoms with Crippen LogP contribution in [0.3, 0.4) is 0 Å². The van der Waals surface area contributed by atoms with E-state index >= 15 is 0 Å². The van der Waals surface area contributed by atoms with Crippen LogP contribution >= 0.6 is 11.6 Å². The average molecular weight is 359 g/mol. The van der Waals surface area contributed by atoms with Gasteiger partial charge in [-0.3, -0.25) is 9.59 Å². The number of carbonyl (C=O) groups excluding carboxylic acids is 2. The summed E-state index contributed by atoms with van der Waals surface area (Å²) in [5.41, 5.74) is 2.64. The van der Waals surface area contributed by atoms with E-state index < -0.39 is 0 Å². The molecule has 0 spiro atoms. The molecule has 0 saturated carbocycles. The number of nitrogens with one attached hydrogen (secondary N) is 2. The molecule has 0 unspecified atom stereocenters. The zero-order valence-electron chi connectivity index (χ0n) is 14.6. The van der Waals surface area contributed by atoms with Crippen molar-refractivity contribution in [3.05, 3.63) is 64.2 Å². The molecule has 0 aliphatic carbocycles. The van der Waals surface area contributed by atoms with Gasteiger partial charge in [-0.2, -0.15) is 0 Å². The molecule has 25 heavy (non-hydrogen) atoms. The van der Waals surface area contributed by atoms with E-state index in [0.717, 1.165) is 24.8 Å². The fourth-order valence-electron chi connectivity index (χ4n) is 2.38. The summed E-state index contributed by atoms with van der Waals surface area (Å²) in [7, 11) is 0. The lowest BCUT2D eigenvalue weighted by Gasteiger charge is -2.09. The lowest BCUT2D eigenvalue weighted by Crippen LogP contribution is -2.24. The minimum absolute atomic E-state index is 0.117. The van der Waals surface area contributed by atoms with Crippen LogP contribution in [-0.2, 0) is 0 Å². The Morgan fingerprint density at radius 2 is 1.60 bits per heavy atom. The number of benzene rings is 2. The first-order valence-corrected chi connectivity index (χ1v) is 8.85. The van der Waals surface area contributed by atoms with E-state index in [4.69, 9.17) is 11.6 Å². The largest absolute Gasteiger partial charge is 0.352 e. The van der Waals surface area contributed by atoms with Crippen LogP contribution in [0.15, 0.2) is 42.5 Å². The summed E-state index contributed by atoms with van der Waals surface area (Å²) >= 11 is 5.97. The van der Waals surface area contributed by atoms with Crippen LogP contribution < -0.4 is 10.6 Å². The number of carbonyl (C=O) groups is 2. The van der Waals surface area contributed by atoms with Gasteiger partial charge in [-0.15, -0.1) is 0 Å². The van der Waals surface area contributed by atoms with E-state index in [2.05, 4.69) is 17.6 Å². The van der Waals surface area contributed by atoms with Gasteiger partial charge in [0.15, 0.2) is 0 Å². The molecule has 2 aromatic carbocycles. The molecule has 0 saturated heterocycles. The minimum Gasteiger partial charge on any atom is -0.352 e. The number of aryl methyl sites for hydroxylation is 1. The van der Waals surface area contributed by atoms with E-state index in [-0.39, 0.29) is 11.8 Å². The fourth-order valence-corrected chi connectivity index (χ4v) is 2.55. The monoisotopic (exact) mass is 358 g/mol. The van der Waals surface area contributed by atoms with Crippen LogP contribution in [0.5, 0.6) is 0 Å². The number of anilines is 1. The van der Waals surface area contributed by atoms with Gasteiger partial charge in [-0.05, 0) is 55.3 Å². The summed E-state index contributed by atoms with van der Waals surface area (Å²) in [6.45, 7) is 4.69. The molecule has 0 atom stereocenters. The minimum atomic E-state index is -0.236. The van der Waals surface area contributed by atoms with Gasteiger partial charge < -0.3 is 10.6 Å². The molecule has 2 amide bonds. The molecule has 0 heterocycles. The van der Waals surface area contributed by atoms with E-state index in [1.807, 2.05) is 13.0 Å². The second-order valence-electron chi connectivity index (χ2n) is 5.95. The SMILES string of the molecule is CCCCCNC(=O)c1ccc(C(=O)Nc2cc(Cl)ccc2C)cc1. The molecule has 0 bridgehead atoms. The van der Waals surface area contributed by atoms with Gasteiger partial charge in [0.05, 0.1) is 0 Å². The van der Waals surface area contributed by atoms with Crippen molar-refractivity contribution in [2.45, 2.75) is 33.1 Å². The third kappa shape index (κ3) is 5.61. The molecule has 2 aromatic rings. The second-order valence-corrected chi connectivity index (χ2v) is 6.39. The predicted octanol–water partition coefficient (Wildman–Crippen LogP) is 4.82. The Morgan fingerprint density at radius 3 is 2.24 bits per heavy atom. The maximum Gasteiger partial charge on any atom is 0.255 e. The average Bonchev–Trinajstić information content (AvgIpc) is 2.61. The van der Waals surface area contributed by atoms with E-state index in [1.54, 1.807) is 36.4 Å². The topological polar surface area (TPSA) is 58.2 Å². The van der Waals surface area contributed by atoms with Crippen LogP contribution in [-0.4, -0.2) is 18.4 Å². The molecule has 0 aromatic heterocycles. The van der Waals surface area contributed by atoms with Crippen LogP contribution in [0.2, 0.25) is 5.02 Å². The number of hydrogen-bond acceptors (Lipinski definition) is 2. The third-order valence-electron chi connectivity index (χ3n) is 3.92. The first-order chi connectivity index (χ1) is 12.0. The van der Waals surface area contributed by atoms with E-state index in [9.17, 15) is 9.59 Å². The number of halogens is 1. The molecule has 4 nitrogen and oxygen atoms in total. The first kappa shape index (κ1) is 19.0. The van der Waals surface area contributed by atoms with Gasteiger partial charge in [0.2, 0.25) is 0 Å². The Balaban J connectivity index is 1.98. The summed E-state index contributed by atoms with van der Waals surface area (Å²) in [5.74, 6) is -0.353. The van der Waals surface area contributed by atoms with E-state index in [1.165, 1.54) is 0 Å². The van der Waals surface area contributed by atoms with Crippen molar-refractivity contribution in [1.82, 2.24) is 5.32 Å². The van der Waals surface area contributed by atoms with Crippen molar-refractivity contribution in [2.24, 2.45) is 0 Å². The van der Waals surface area contributed by atoms with Crippen LogP contribution in [0.1, 0.15) is 52.5 Å². The molecule has 0 radical (unpaired) electrons. The molecule has 2 rings (SSSR count). The summed E-state index contributed by atoms with van der Waals surface area (Å²) in [6.07, 6.45) is 3.19. The lowest BCUT2D eigenvalue weighted by molar-refractivity contribution is 0.0951. The summed E-state index contributed by atoms with van der Waals surface area (Å²) in [4.78, 5) is 24.4. The van der Waals surface area contributed by atoms with Crippen molar-refractivity contribution >= 4 is 29.1 Å². The van der Waals surface area contributed by atoms with Gasteiger partial charge in [-0.25, -0.2) is 0 Å². The predicted molar refractivity (Wildman–Crippen MR) is 102 cm³/mol. The Hall–Kier alpha value is -2.33. The number of amides is 2. The number of rotatable bonds is 7. The zero-order valence-corrected chi connectivity index (χ0v) is 15.3. The van der Waals surface area contributed by atoms with Crippen molar-refractivity contribution in [3.8, 4) is 0 Å². The van der Waals surface area contributed by atoms with Crippen molar-refractivity contribution in [2.75, 3.05) is 11.9 Å². The Morgan fingerprint density at radius 1 is 0.960 bits per heavy atom. The molecule has 132 valence electrons. The second kappa shape index (κ2) is 9.23. The van der Waals surface area contributed by atoms with E-state index in [0.29, 0.717) is 28.4 Å². The molecule has 0 aliphatic rings. The lowest BCUT2D eigenvalue weighted by atomic mass is 10.1. The molecular weight excluding hydrogens is 336 g/mol. The standard InChI is InChI=1S/C20H23ClN2O2/c1-3-4-5-12-22-19(24)15-7-9-16(10-8-15)20(25)23-18-13-17(21)11-6-14(18)2/h6-11,13H,3-5,12H2,1-2H3,(H,22,24)(H,23,25). The van der Waals surface area contributed by atoms with Crippen molar-refractivity contribution in [1.29, 1.82) is 0 Å². The maximum absolute atomic E-state index is 12.3. The highest BCUT2D eigenvalue weighted by molar-refractivity contribution is 6.31. The van der Waals surface area contributed by atoms with Gasteiger partial charge >= 0.3 is 0 Å². The molecular formula is C20H23ClN2O2. The molecule has 0 fully saturated rings. The highest BCUT2D eigenvalue weighted by Crippen LogP contribution is 2.21. The normalized spacial score (nSPS) is 10.4. The molecule has 5 heteroatoms. The summed E-state index contributed by atoms with van der Waals surface area (Å²) < 4.78 is 0. The summed E-state index contributed by atoms with van der Waals surface area (Å²) in [5, 5.41) is 6.29. The first-order valence-electron chi connectivity index (χ1n) is 8.47. The highest BCUT2D eigenvalue weighted by Gasteiger charge is 2.10. The fraction of sp³-hybridized carbons (Fsp3) is 0.300. The highest BCUT2D eigenvalue weighted by atomic mass is 35.5. The smallest absolute Gasteiger partial charge is 0.255 e. The van der Waals surface area contributed by atoms with Crippen LogP contribution in [0.25, 0.3) is 0 Å². The Labute approximate surface area is 153 Å². The van der Waals surface area contributed by atoms with Gasteiger partial charge in [-0.1, -0.05) is 37.4 Å². The number of unbranched alkanes of at least 4 members (excludes halogenated alkanes) is 2. The Bertz CT molecular complexity index is 742. The van der Waals surface area contributed by atoms with Gasteiger partial charge in [0.25, 0.3) is 11.8 Å². The third-order valence-corrected chi connectivity index (χ3v) is 4.16. The van der Waals surface area contributed by atoms with Crippen molar-refractivity contribution < 1.29 is 9.59 Å². The van der Waals surface area contributed by atoms with Gasteiger partial charge in [0.1, 0.15) is 0 Å². The summed E-state index contributed by atoms with van der Waals surface area (Å²) in [6, 6.07) is 12.0. The maximum atomic E-state index is 12.3.